The van der Waals surface area contributed by atoms with E-state index in [4.69, 9.17) is 24.3 Å². The van der Waals surface area contributed by atoms with Crippen molar-refractivity contribution < 1.29 is 37.7 Å². The third-order valence-corrected chi connectivity index (χ3v) is 7.01. The number of hydrogen-bond donors (Lipinski definition) is 3. The van der Waals surface area contributed by atoms with Crippen LogP contribution in [0.25, 0.3) is 10.4 Å². The van der Waals surface area contributed by atoms with E-state index in [0.717, 1.165) is 12.1 Å². The van der Waals surface area contributed by atoms with E-state index >= 15 is 0 Å². The monoisotopic (exact) mass is 650 g/mol. The Morgan fingerprint density at radius 2 is 1.85 bits per heavy atom. The maximum Gasteiger partial charge on any atom is 0.306 e. The summed E-state index contributed by atoms with van der Waals surface area (Å²) in [6.07, 6.45) is -1.12. The first kappa shape index (κ1) is 34.8. The van der Waals surface area contributed by atoms with Gasteiger partial charge in [0.15, 0.2) is 23.3 Å². The molecule has 1 amide bonds. The van der Waals surface area contributed by atoms with E-state index in [1.807, 2.05) is 0 Å². The van der Waals surface area contributed by atoms with Gasteiger partial charge < -0.3 is 19.3 Å². The molecule has 3 aromatic rings. The van der Waals surface area contributed by atoms with Crippen molar-refractivity contribution in [2.75, 3.05) is 13.2 Å². The summed E-state index contributed by atoms with van der Waals surface area (Å²) in [5, 5.41) is 12.8. The zero-order valence-electron chi connectivity index (χ0n) is 26.2. The van der Waals surface area contributed by atoms with Gasteiger partial charge in [0.1, 0.15) is 11.4 Å². The molecule has 0 saturated heterocycles. The van der Waals surface area contributed by atoms with Gasteiger partial charge in [0.05, 0.1) is 6.61 Å². The maximum absolute atomic E-state index is 14.2. The van der Waals surface area contributed by atoms with Crippen molar-refractivity contribution in [2.45, 2.75) is 63.8 Å². The molecule has 0 aliphatic carbocycles. The van der Waals surface area contributed by atoms with Gasteiger partial charge in [0.25, 0.3) is 5.91 Å². The molecule has 3 aromatic carbocycles. The number of azide groups is 1. The molecule has 47 heavy (non-hydrogen) atoms. The highest BCUT2D eigenvalue weighted by Gasteiger charge is 2.54. The third kappa shape index (κ3) is 9.03. The number of hydrazine groups is 1. The van der Waals surface area contributed by atoms with Crippen molar-refractivity contribution in [3.8, 4) is 5.75 Å². The molecule has 1 aliphatic rings. The Kier molecular flexibility index (Phi) is 11.5. The molecule has 12 nitrogen and oxygen atoms in total. The van der Waals surface area contributed by atoms with Gasteiger partial charge in [-0.25, -0.2) is 19.2 Å². The number of hydrogen-bond acceptors (Lipinski definition) is 9. The molecule has 0 radical (unpaired) electrons. The average Bonchev–Trinajstić information content (AvgIpc) is 3.42. The molecule has 2 atom stereocenters. The zero-order valence-corrected chi connectivity index (χ0v) is 26.2. The van der Waals surface area contributed by atoms with Gasteiger partial charge in [-0.2, -0.15) is 0 Å². The summed E-state index contributed by atoms with van der Waals surface area (Å²) in [4.78, 5) is 34.9. The highest BCUT2D eigenvalue weighted by Crippen LogP contribution is 2.46. The van der Waals surface area contributed by atoms with Crippen molar-refractivity contribution >= 4 is 23.5 Å². The molecule has 3 N–H and O–H groups in total. The van der Waals surface area contributed by atoms with E-state index in [2.05, 4.69) is 20.9 Å². The predicted octanol–water partition coefficient (Wildman–Crippen LogP) is 5.87. The highest BCUT2D eigenvalue weighted by atomic mass is 19.2. The van der Waals surface area contributed by atoms with Gasteiger partial charge in [0.2, 0.25) is 5.90 Å². The Morgan fingerprint density at radius 3 is 2.53 bits per heavy atom. The van der Waals surface area contributed by atoms with Crippen LogP contribution < -0.4 is 15.6 Å². The molecule has 4 rings (SSSR count). The molecule has 1 aliphatic heterocycles. The predicted molar refractivity (Wildman–Crippen MR) is 168 cm³/mol. The Bertz CT molecular complexity index is 1660. The lowest BCUT2D eigenvalue weighted by Crippen LogP contribution is -2.52. The molecule has 0 aromatic heterocycles. The SMILES string of the molecule is CC(C)(C)OC(=O)CC[C@]1(C(=O)NNCc2ccc(F)c(F)c2)N=C(c2ccc(OCCCO)cc2)O[C@H]1c1ccccc1N=[N+]=[N-]. The van der Waals surface area contributed by atoms with Gasteiger partial charge >= 0.3 is 5.97 Å². The first-order chi connectivity index (χ1) is 22.5. The lowest BCUT2D eigenvalue weighted by atomic mass is 9.83. The molecule has 0 spiro atoms. The smallest absolute Gasteiger partial charge is 0.306 e. The van der Waals surface area contributed by atoms with Crippen LogP contribution in [0.1, 0.15) is 62.8 Å². The summed E-state index contributed by atoms with van der Waals surface area (Å²) in [6.45, 7) is 5.41. The molecule has 0 saturated carbocycles. The Morgan fingerprint density at radius 1 is 1.11 bits per heavy atom. The fourth-order valence-corrected chi connectivity index (χ4v) is 4.87. The third-order valence-electron chi connectivity index (χ3n) is 7.01. The second-order valence-electron chi connectivity index (χ2n) is 11.7. The lowest BCUT2D eigenvalue weighted by molar-refractivity contribution is -0.155. The van der Waals surface area contributed by atoms with Crippen LogP contribution in [0, 0.1) is 11.6 Å². The molecular weight excluding hydrogens is 614 g/mol. The minimum Gasteiger partial charge on any atom is -0.494 e. The Balaban J connectivity index is 1.74. The Hall–Kier alpha value is -5.04. The largest absolute Gasteiger partial charge is 0.494 e. The normalized spacial score (nSPS) is 17.2. The van der Waals surface area contributed by atoms with Crippen molar-refractivity contribution in [3.63, 3.8) is 0 Å². The van der Waals surface area contributed by atoms with Crippen LogP contribution in [0.5, 0.6) is 5.75 Å². The fraction of sp³-hybridized carbons (Fsp3) is 0.364. The van der Waals surface area contributed by atoms with E-state index in [1.165, 1.54) is 6.07 Å². The summed E-state index contributed by atoms with van der Waals surface area (Å²) in [5.41, 5.74) is 13.4. The number of ether oxygens (including phenoxy) is 3. The van der Waals surface area contributed by atoms with Gasteiger partial charge in [0, 0.05) is 47.7 Å². The number of amides is 1. The summed E-state index contributed by atoms with van der Waals surface area (Å²) >= 11 is 0. The second kappa shape index (κ2) is 15.5. The van der Waals surface area contributed by atoms with Crippen LogP contribution >= 0.6 is 0 Å². The van der Waals surface area contributed by atoms with Crippen LogP contribution in [0.15, 0.2) is 76.8 Å². The van der Waals surface area contributed by atoms with Crippen molar-refractivity contribution in [2.24, 2.45) is 10.1 Å². The second-order valence-corrected chi connectivity index (χ2v) is 11.7. The number of aliphatic imine (C=N–C) groups is 1. The van der Waals surface area contributed by atoms with Gasteiger partial charge in [-0.3, -0.25) is 15.0 Å². The van der Waals surface area contributed by atoms with E-state index in [1.54, 1.807) is 69.3 Å². The van der Waals surface area contributed by atoms with Crippen LogP contribution in [0.3, 0.4) is 0 Å². The molecule has 14 heteroatoms. The zero-order chi connectivity index (χ0) is 34.0. The van der Waals surface area contributed by atoms with E-state index < -0.39 is 40.8 Å². The quantitative estimate of drug-likeness (QED) is 0.0490. The van der Waals surface area contributed by atoms with Crippen LogP contribution in [0.4, 0.5) is 14.5 Å². The minimum atomic E-state index is -1.80. The summed E-state index contributed by atoms with van der Waals surface area (Å²) < 4.78 is 44.7. The van der Waals surface area contributed by atoms with Crippen LogP contribution in [-0.2, 0) is 25.6 Å². The van der Waals surface area contributed by atoms with Crippen molar-refractivity contribution in [3.05, 3.63) is 105 Å². The fourth-order valence-electron chi connectivity index (χ4n) is 4.87. The number of benzene rings is 3. The number of rotatable bonds is 14. The Labute approximate surface area is 270 Å². The van der Waals surface area contributed by atoms with Gasteiger partial charge in [-0.1, -0.05) is 35.4 Å². The first-order valence-corrected chi connectivity index (χ1v) is 14.9. The average molecular weight is 651 g/mol. The van der Waals surface area contributed by atoms with Crippen molar-refractivity contribution in [1.29, 1.82) is 0 Å². The highest BCUT2D eigenvalue weighted by molar-refractivity contribution is 6.01. The molecule has 0 fully saturated rings. The number of nitrogens with zero attached hydrogens (tertiary/aromatic N) is 4. The molecular formula is C33H36F2N6O6. The number of carbonyl (C=O) groups is 2. The lowest BCUT2D eigenvalue weighted by Gasteiger charge is -2.31. The topological polar surface area (TPSA) is 167 Å². The van der Waals surface area contributed by atoms with E-state index in [9.17, 15) is 23.9 Å². The van der Waals surface area contributed by atoms with Crippen molar-refractivity contribution in [1.82, 2.24) is 10.9 Å². The van der Waals surface area contributed by atoms with Crippen LogP contribution in [-0.4, -0.2) is 47.2 Å². The number of halogens is 2. The summed E-state index contributed by atoms with van der Waals surface area (Å²) in [5.74, 6) is -2.70. The molecule has 0 unspecified atom stereocenters. The number of esters is 1. The molecule has 0 bridgehead atoms. The summed E-state index contributed by atoms with van der Waals surface area (Å²) in [6, 6.07) is 16.6. The molecule has 248 valence electrons. The minimum absolute atomic E-state index is 0.00940. The number of aliphatic hydroxyl groups is 1. The van der Waals surface area contributed by atoms with E-state index in [0.29, 0.717) is 35.5 Å². The van der Waals surface area contributed by atoms with Crippen LogP contribution in [0.2, 0.25) is 0 Å². The van der Waals surface area contributed by atoms with Gasteiger partial charge in [-0.15, -0.1) is 0 Å². The standard InChI is InChI=1S/C33H36F2N6O6/c1-32(2,3)47-28(43)15-16-33(31(44)40-37-20-21-9-14-25(34)26(35)19-21)29(24-7-4-5-8-27(24)39-41-36)46-30(38-33)22-10-12-23(13-11-22)45-18-6-17-42/h4-5,7-14,19,29,37,42H,6,15-18,20H2,1-3H3,(H,40,44)/t29-,33-/m0/s1. The number of nitrogens with one attached hydrogen (secondary N) is 2. The number of aliphatic hydroxyl groups excluding tert-OH is 1. The summed E-state index contributed by atoms with van der Waals surface area (Å²) in [7, 11) is 0. The van der Waals surface area contributed by atoms with E-state index in [-0.39, 0.29) is 37.6 Å². The maximum atomic E-state index is 14.2. The molecule has 1 heterocycles. The van der Waals surface area contributed by atoms with Gasteiger partial charge in [-0.05, 0) is 74.7 Å². The first-order valence-electron chi connectivity index (χ1n) is 14.9. The number of carbonyl (C=O) groups excluding carboxylic acids is 2.